The zero-order valence-electron chi connectivity index (χ0n) is 11.3. The number of aliphatic carboxylic acids is 2. The SMILES string of the molecule is CC1CC(NC(=O)N[C@@H](CCC(=O)O)C(=O)O)CCO1. The van der Waals surface area contributed by atoms with Crippen molar-refractivity contribution in [3.63, 3.8) is 0 Å². The van der Waals surface area contributed by atoms with Crippen LogP contribution in [-0.4, -0.2) is 53.0 Å². The highest BCUT2D eigenvalue weighted by atomic mass is 16.5. The predicted octanol–water partition coefficient (Wildman–Crippen LogP) is 0.171. The Morgan fingerprint density at radius 1 is 1.35 bits per heavy atom. The maximum atomic E-state index is 11.7. The molecule has 0 aliphatic carbocycles. The first-order valence-electron chi connectivity index (χ1n) is 6.51. The molecule has 0 spiro atoms. The van der Waals surface area contributed by atoms with Gasteiger partial charge < -0.3 is 25.6 Å². The van der Waals surface area contributed by atoms with Gasteiger partial charge in [0.15, 0.2) is 0 Å². The number of amides is 2. The van der Waals surface area contributed by atoms with Crippen LogP contribution >= 0.6 is 0 Å². The van der Waals surface area contributed by atoms with Crippen LogP contribution in [0.1, 0.15) is 32.6 Å². The number of hydrogen-bond donors (Lipinski definition) is 4. The third-order valence-corrected chi connectivity index (χ3v) is 3.07. The first-order chi connectivity index (χ1) is 9.38. The third kappa shape index (κ3) is 5.87. The van der Waals surface area contributed by atoms with Gasteiger partial charge in [-0.25, -0.2) is 9.59 Å². The van der Waals surface area contributed by atoms with Crippen molar-refractivity contribution in [2.45, 2.75) is 50.8 Å². The van der Waals surface area contributed by atoms with E-state index in [1.54, 1.807) is 0 Å². The van der Waals surface area contributed by atoms with Crippen LogP contribution in [0.25, 0.3) is 0 Å². The number of ether oxygens (including phenoxy) is 1. The van der Waals surface area contributed by atoms with E-state index in [1.807, 2.05) is 6.92 Å². The summed E-state index contributed by atoms with van der Waals surface area (Å²) in [5.41, 5.74) is 0. The minimum absolute atomic E-state index is 0.0522. The van der Waals surface area contributed by atoms with Crippen molar-refractivity contribution < 1.29 is 29.3 Å². The van der Waals surface area contributed by atoms with Crippen LogP contribution in [0.4, 0.5) is 4.79 Å². The molecule has 114 valence electrons. The Hall–Kier alpha value is -1.83. The first kappa shape index (κ1) is 16.2. The van der Waals surface area contributed by atoms with Crippen LogP contribution in [0.3, 0.4) is 0 Å². The van der Waals surface area contributed by atoms with E-state index < -0.39 is 24.0 Å². The normalized spacial score (nSPS) is 23.6. The maximum Gasteiger partial charge on any atom is 0.326 e. The molecule has 0 aromatic carbocycles. The molecule has 4 N–H and O–H groups in total. The van der Waals surface area contributed by atoms with E-state index in [0.717, 1.165) is 0 Å². The van der Waals surface area contributed by atoms with Gasteiger partial charge >= 0.3 is 18.0 Å². The number of rotatable bonds is 6. The monoisotopic (exact) mass is 288 g/mol. The summed E-state index contributed by atoms with van der Waals surface area (Å²) in [6.07, 6.45) is 0.926. The van der Waals surface area contributed by atoms with E-state index in [2.05, 4.69) is 10.6 Å². The number of carbonyl (C=O) groups excluding carboxylic acids is 1. The minimum atomic E-state index is -1.25. The fourth-order valence-electron chi connectivity index (χ4n) is 2.04. The van der Waals surface area contributed by atoms with Gasteiger partial charge in [-0.3, -0.25) is 4.79 Å². The van der Waals surface area contributed by atoms with Crippen LogP contribution in [0.5, 0.6) is 0 Å². The number of carbonyl (C=O) groups is 3. The second-order valence-corrected chi connectivity index (χ2v) is 4.84. The molecule has 8 heteroatoms. The smallest absolute Gasteiger partial charge is 0.326 e. The van der Waals surface area contributed by atoms with Gasteiger partial charge in [0.05, 0.1) is 6.10 Å². The van der Waals surface area contributed by atoms with Gasteiger partial charge in [-0.05, 0) is 26.2 Å². The summed E-state index contributed by atoms with van der Waals surface area (Å²) in [6, 6.07) is -1.86. The van der Waals surface area contributed by atoms with Crippen LogP contribution in [0.2, 0.25) is 0 Å². The fraction of sp³-hybridized carbons (Fsp3) is 0.750. The molecule has 20 heavy (non-hydrogen) atoms. The van der Waals surface area contributed by atoms with Gasteiger partial charge in [-0.2, -0.15) is 0 Å². The van der Waals surface area contributed by atoms with Crippen LogP contribution in [-0.2, 0) is 14.3 Å². The first-order valence-corrected chi connectivity index (χ1v) is 6.51. The third-order valence-electron chi connectivity index (χ3n) is 3.07. The summed E-state index contributed by atoms with van der Waals surface area (Å²) < 4.78 is 5.34. The van der Waals surface area contributed by atoms with Crippen molar-refractivity contribution in [3.8, 4) is 0 Å². The molecular weight excluding hydrogens is 268 g/mol. The molecule has 2 unspecified atom stereocenters. The highest BCUT2D eigenvalue weighted by Crippen LogP contribution is 2.12. The number of nitrogens with one attached hydrogen (secondary N) is 2. The Kier molecular flexibility index (Phi) is 6.23. The minimum Gasteiger partial charge on any atom is -0.481 e. The summed E-state index contributed by atoms with van der Waals surface area (Å²) in [5, 5.41) is 22.4. The Labute approximate surface area is 116 Å². The number of carboxylic acids is 2. The van der Waals surface area contributed by atoms with E-state index >= 15 is 0 Å². The van der Waals surface area contributed by atoms with Gasteiger partial charge in [0.1, 0.15) is 6.04 Å². The molecule has 0 saturated carbocycles. The van der Waals surface area contributed by atoms with Crippen molar-refractivity contribution in [1.82, 2.24) is 10.6 Å². The Morgan fingerprint density at radius 2 is 2.05 bits per heavy atom. The van der Waals surface area contributed by atoms with Crippen molar-refractivity contribution >= 4 is 18.0 Å². The average Bonchev–Trinajstić information content (AvgIpc) is 2.33. The van der Waals surface area contributed by atoms with E-state index in [4.69, 9.17) is 14.9 Å². The zero-order valence-corrected chi connectivity index (χ0v) is 11.3. The number of carboxylic acid groups (broad SMARTS) is 2. The van der Waals surface area contributed by atoms with Gasteiger partial charge in [0.25, 0.3) is 0 Å². The summed E-state index contributed by atoms with van der Waals surface area (Å²) >= 11 is 0. The van der Waals surface area contributed by atoms with Gasteiger partial charge in [-0.15, -0.1) is 0 Å². The second-order valence-electron chi connectivity index (χ2n) is 4.84. The molecule has 0 radical (unpaired) electrons. The molecule has 1 aliphatic rings. The lowest BCUT2D eigenvalue weighted by Crippen LogP contribution is -2.50. The van der Waals surface area contributed by atoms with Gasteiger partial charge in [0.2, 0.25) is 0 Å². The van der Waals surface area contributed by atoms with Crippen LogP contribution in [0.15, 0.2) is 0 Å². The molecular formula is C12H20N2O6. The lowest BCUT2D eigenvalue weighted by atomic mass is 10.0. The van der Waals surface area contributed by atoms with Crippen LogP contribution in [0, 0.1) is 0 Å². The molecule has 0 aromatic heterocycles. The molecule has 3 atom stereocenters. The van der Waals surface area contributed by atoms with Crippen molar-refractivity contribution in [1.29, 1.82) is 0 Å². The Morgan fingerprint density at radius 3 is 2.60 bits per heavy atom. The summed E-state index contributed by atoms with van der Waals surface area (Å²) in [7, 11) is 0. The largest absolute Gasteiger partial charge is 0.481 e. The van der Waals surface area contributed by atoms with E-state index in [0.29, 0.717) is 19.4 Å². The van der Waals surface area contributed by atoms with E-state index in [9.17, 15) is 14.4 Å². The predicted molar refractivity (Wildman–Crippen MR) is 68.4 cm³/mol. The summed E-state index contributed by atoms with van der Waals surface area (Å²) in [4.78, 5) is 33.1. The fourth-order valence-corrected chi connectivity index (χ4v) is 2.04. The molecule has 1 heterocycles. The molecule has 0 aromatic rings. The van der Waals surface area contributed by atoms with Gasteiger partial charge in [-0.1, -0.05) is 0 Å². The number of urea groups is 1. The van der Waals surface area contributed by atoms with Crippen molar-refractivity contribution in [2.24, 2.45) is 0 Å². The highest BCUT2D eigenvalue weighted by Gasteiger charge is 2.24. The van der Waals surface area contributed by atoms with Crippen molar-refractivity contribution in [2.75, 3.05) is 6.61 Å². The quantitative estimate of drug-likeness (QED) is 0.552. The van der Waals surface area contributed by atoms with Gasteiger partial charge in [0, 0.05) is 19.1 Å². The summed E-state index contributed by atoms with van der Waals surface area (Å²) in [5.74, 6) is -2.35. The average molecular weight is 288 g/mol. The molecule has 1 rings (SSSR count). The van der Waals surface area contributed by atoms with Crippen molar-refractivity contribution in [3.05, 3.63) is 0 Å². The van der Waals surface area contributed by atoms with Crippen LogP contribution < -0.4 is 10.6 Å². The van der Waals surface area contributed by atoms with E-state index in [1.165, 1.54) is 0 Å². The maximum absolute atomic E-state index is 11.7. The standard InChI is InChI=1S/C12H20N2O6/c1-7-6-8(4-5-20-7)13-12(19)14-9(11(17)18)2-3-10(15)16/h7-9H,2-6H2,1H3,(H,15,16)(H,17,18)(H2,13,14,19)/t7?,8?,9-/m0/s1. The lowest BCUT2D eigenvalue weighted by Gasteiger charge is -2.28. The Bertz CT molecular complexity index is 373. The zero-order chi connectivity index (χ0) is 15.1. The van der Waals surface area contributed by atoms with E-state index in [-0.39, 0.29) is 25.0 Å². The highest BCUT2D eigenvalue weighted by molar-refractivity contribution is 5.83. The molecule has 1 saturated heterocycles. The molecule has 0 bridgehead atoms. The second kappa shape index (κ2) is 7.68. The topological polar surface area (TPSA) is 125 Å². The lowest BCUT2D eigenvalue weighted by molar-refractivity contribution is -0.140. The Balaban J connectivity index is 2.40. The number of hydrogen-bond acceptors (Lipinski definition) is 4. The molecule has 1 aliphatic heterocycles. The molecule has 8 nitrogen and oxygen atoms in total. The molecule has 2 amide bonds. The summed E-state index contributed by atoms with van der Waals surface area (Å²) in [6.45, 7) is 2.45. The molecule has 1 fully saturated rings.